The summed E-state index contributed by atoms with van der Waals surface area (Å²) in [5.41, 5.74) is 0.501. The van der Waals surface area contributed by atoms with Gasteiger partial charge in [0.1, 0.15) is 5.78 Å². The molecule has 0 radical (unpaired) electrons. The molecule has 4 bridgehead atoms. The molecule has 1 nitrogen and oxygen atoms in total. The second-order valence-corrected chi connectivity index (χ2v) is 5.21. The van der Waals surface area contributed by atoms with Crippen LogP contribution in [0.5, 0.6) is 0 Å². The summed E-state index contributed by atoms with van der Waals surface area (Å²) in [6, 6.07) is 0. The molecule has 72 valence electrons. The summed E-state index contributed by atoms with van der Waals surface area (Å²) in [5.74, 6) is 3.44. The van der Waals surface area contributed by atoms with Gasteiger partial charge in [0.05, 0.1) is 0 Å². The van der Waals surface area contributed by atoms with E-state index in [1.807, 2.05) is 0 Å². The predicted octanol–water partition coefficient (Wildman–Crippen LogP) is 2.65. The molecule has 0 aliphatic heterocycles. The second-order valence-electron chi connectivity index (χ2n) is 5.21. The third-order valence-corrected chi connectivity index (χ3v) is 5.25. The lowest BCUT2D eigenvalue weighted by molar-refractivity contribution is -0.134. The van der Waals surface area contributed by atoms with Gasteiger partial charge in [0, 0.05) is 11.8 Å². The predicted molar refractivity (Wildman–Crippen MR) is 51.2 cm³/mol. The highest BCUT2D eigenvalue weighted by Crippen LogP contribution is 2.78. The van der Waals surface area contributed by atoms with Crippen molar-refractivity contribution in [2.24, 2.45) is 29.1 Å². The van der Waals surface area contributed by atoms with Crippen LogP contribution in [0.1, 0.15) is 39.5 Å². The number of carbonyl (C=O) groups is 1. The Morgan fingerprint density at radius 3 is 2.31 bits per heavy atom. The Morgan fingerprint density at radius 1 is 1.31 bits per heavy atom. The summed E-state index contributed by atoms with van der Waals surface area (Å²) in [7, 11) is 0. The van der Waals surface area contributed by atoms with Crippen LogP contribution < -0.4 is 0 Å². The number of Topliss-reactive ketones (excluding diaryl/α,β-unsaturated/α-hetero) is 1. The van der Waals surface area contributed by atoms with E-state index in [9.17, 15) is 4.79 Å². The molecule has 3 atom stereocenters. The molecule has 0 aromatic rings. The van der Waals surface area contributed by atoms with Crippen molar-refractivity contribution in [2.75, 3.05) is 0 Å². The molecular weight excluding hydrogens is 160 g/mol. The number of carbonyl (C=O) groups excluding carboxylic acids is 1. The van der Waals surface area contributed by atoms with Gasteiger partial charge in [-0.05, 0) is 42.9 Å². The molecule has 13 heavy (non-hydrogen) atoms. The monoisotopic (exact) mass is 178 g/mol. The molecule has 0 heterocycles. The fourth-order valence-corrected chi connectivity index (χ4v) is 4.76. The Bertz CT molecular complexity index is 256. The smallest absolute Gasteiger partial charge is 0.139 e. The third kappa shape index (κ3) is 0.660. The maximum Gasteiger partial charge on any atom is 0.139 e. The summed E-state index contributed by atoms with van der Waals surface area (Å²) in [5, 5.41) is 0. The summed E-state index contributed by atoms with van der Waals surface area (Å²) in [6.07, 6.45) is 4.83. The lowest BCUT2D eigenvalue weighted by atomic mass is 9.65. The van der Waals surface area contributed by atoms with Crippen LogP contribution in [0.4, 0.5) is 0 Å². The molecule has 3 unspecified atom stereocenters. The van der Waals surface area contributed by atoms with Gasteiger partial charge in [0.15, 0.2) is 0 Å². The average Bonchev–Trinajstić information content (AvgIpc) is 2.59. The van der Waals surface area contributed by atoms with Crippen molar-refractivity contribution >= 4 is 5.78 Å². The van der Waals surface area contributed by atoms with E-state index in [2.05, 4.69) is 13.8 Å². The van der Waals surface area contributed by atoms with Gasteiger partial charge in [0.2, 0.25) is 0 Å². The largest absolute Gasteiger partial charge is 0.299 e. The minimum atomic E-state index is 0.444. The van der Waals surface area contributed by atoms with Crippen LogP contribution in [-0.2, 0) is 4.79 Å². The fraction of sp³-hybridized carbons (Fsp3) is 0.917. The number of rotatable bonds is 2. The zero-order valence-corrected chi connectivity index (χ0v) is 8.55. The van der Waals surface area contributed by atoms with Gasteiger partial charge >= 0.3 is 0 Å². The Labute approximate surface area is 79.9 Å². The standard InChI is InChI=1S/C12H18O/c1-3-8-11(13)7-5-9-10(6-7)12(8,9)4-2/h7-10H,3-6H2,1-2H3. The highest BCUT2D eigenvalue weighted by molar-refractivity contribution is 5.88. The Morgan fingerprint density at radius 2 is 1.92 bits per heavy atom. The highest BCUT2D eigenvalue weighted by Gasteiger charge is 2.75. The Kier molecular flexibility index (Phi) is 1.35. The van der Waals surface area contributed by atoms with Gasteiger partial charge in [-0.15, -0.1) is 0 Å². The van der Waals surface area contributed by atoms with Crippen molar-refractivity contribution in [2.45, 2.75) is 39.5 Å². The molecule has 0 spiro atoms. The third-order valence-electron chi connectivity index (χ3n) is 5.25. The van der Waals surface area contributed by atoms with Crippen LogP contribution in [0.2, 0.25) is 0 Å². The van der Waals surface area contributed by atoms with Crippen molar-refractivity contribution in [3.63, 3.8) is 0 Å². The van der Waals surface area contributed by atoms with Crippen LogP contribution in [-0.4, -0.2) is 5.78 Å². The van der Waals surface area contributed by atoms with E-state index < -0.39 is 0 Å². The van der Waals surface area contributed by atoms with E-state index in [4.69, 9.17) is 0 Å². The zero-order chi connectivity index (χ0) is 9.22. The summed E-state index contributed by atoms with van der Waals surface area (Å²) in [6.45, 7) is 4.48. The minimum absolute atomic E-state index is 0.444. The van der Waals surface area contributed by atoms with Crippen molar-refractivity contribution in [3.05, 3.63) is 0 Å². The Hall–Kier alpha value is -0.330. The lowest BCUT2D eigenvalue weighted by Gasteiger charge is -2.37. The minimum Gasteiger partial charge on any atom is -0.299 e. The van der Waals surface area contributed by atoms with Crippen LogP contribution in [0.3, 0.4) is 0 Å². The number of ketones is 1. The molecule has 4 fully saturated rings. The lowest BCUT2D eigenvalue weighted by Crippen LogP contribution is -2.39. The molecule has 4 saturated carbocycles. The Balaban J connectivity index is 1.99. The fourth-order valence-electron chi connectivity index (χ4n) is 4.76. The van der Waals surface area contributed by atoms with E-state index >= 15 is 0 Å². The number of hydrogen-bond donors (Lipinski definition) is 0. The maximum absolute atomic E-state index is 12.0. The maximum atomic E-state index is 12.0. The highest BCUT2D eigenvalue weighted by atomic mass is 16.1. The van der Waals surface area contributed by atoms with Crippen molar-refractivity contribution < 1.29 is 4.79 Å². The van der Waals surface area contributed by atoms with Crippen LogP contribution in [0.15, 0.2) is 0 Å². The number of hydrogen-bond acceptors (Lipinski definition) is 1. The van der Waals surface area contributed by atoms with Crippen LogP contribution in [0.25, 0.3) is 0 Å². The first-order valence-electron chi connectivity index (χ1n) is 5.79. The SMILES string of the molecule is CCC1C(=O)C2CC3C(C2)C13CC. The quantitative estimate of drug-likeness (QED) is 0.635. The molecule has 1 heteroatoms. The molecule has 0 N–H and O–H groups in total. The van der Waals surface area contributed by atoms with E-state index in [0.717, 1.165) is 18.3 Å². The molecule has 0 aromatic carbocycles. The van der Waals surface area contributed by atoms with Crippen molar-refractivity contribution in [1.82, 2.24) is 0 Å². The van der Waals surface area contributed by atoms with Gasteiger partial charge in [0.25, 0.3) is 0 Å². The molecular formula is C12H18O. The first-order chi connectivity index (χ1) is 6.25. The average molecular weight is 178 g/mol. The molecule has 0 amide bonds. The summed E-state index contributed by atoms with van der Waals surface area (Å²) in [4.78, 5) is 12.0. The first kappa shape index (κ1) is 8.02. The molecule has 0 aromatic heterocycles. The molecule has 4 aliphatic carbocycles. The first-order valence-corrected chi connectivity index (χ1v) is 5.79. The molecule has 4 aliphatic rings. The van der Waals surface area contributed by atoms with Crippen LogP contribution in [0, 0.1) is 29.1 Å². The summed E-state index contributed by atoms with van der Waals surface area (Å²) >= 11 is 0. The summed E-state index contributed by atoms with van der Waals surface area (Å²) < 4.78 is 0. The van der Waals surface area contributed by atoms with Gasteiger partial charge < -0.3 is 0 Å². The van der Waals surface area contributed by atoms with Gasteiger partial charge in [-0.2, -0.15) is 0 Å². The van der Waals surface area contributed by atoms with E-state index in [1.165, 1.54) is 19.3 Å². The second kappa shape index (κ2) is 2.18. The molecule has 0 saturated heterocycles. The van der Waals surface area contributed by atoms with E-state index in [1.54, 1.807) is 0 Å². The van der Waals surface area contributed by atoms with Gasteiger partial charge in [-0.1, -0.05) is 13.8 Å². The normalized spacial score (nSPS) is 56.9. The van der Waals surface area contributed by atoms with Crippen molar-refractivity contribution in [3.8, 4) is 0 Å². The topological polar surface area (TPSA) is 17.1 Å². The van der Waals surface area contributed by atoms with Gasteiger partial charge in [-0.3, -0.25) is 4.79 Å². The van der Waals surface area contributed by atoms with Crippen molar-refractivity contribution in [1.29, 1.82) is 0 Å². The van der Waals surface area contributed by atoms with Gasteiger partial charge in [-0.25, -0.2) is 0 Å². The zero-order valence-electron chi connectivity index (χ0n) is 8.55. The van der Waals surface area contributed by atoms with E-state index in [-0.39, 0.29) is 0 Å². The van der Waals surface area contributed by atoms with E-state index in [0.29, 0.717) is 23.0 Å². The van der Waals surface area contributed by atoms with Crippen LogP contribution >= 0.6 is 0 Å². The number of fused-ring (bicyclic) bond motifs is 1. The molecule has 4 rings (SSSR count).